The van der Waals surface area contributed by atoms with Gasteiger partial charge in [0.15, 0.2) is 0 Å². The van der Waals surface area contributed by atoms with Crippen LogP contribution in [-0.2, 0) is 6.54 Å². The Balaban J connectivity index is 1.43. The van der Waals surface area contributed by atoms with Crippen LogP contribution in [0, 0.1) is 0 Å². The van der Waals surface area contributed by atoms with E-state index in [4.69, 9.17) is 0 Å². The molecule has 0 bridgehead atoms. The largest absolute Gasteiger partial charge is 0.380 e. The summed E-state index contributed by atoms with van der Waals surface area (Å²) in [7, 11) is 0. The third-order valence-electron chi connectivity index (χ3n) is 3.92. The Morgan fingerprint density at radius 3 is 2.65 bits per heavy atom. The van der Waals surface area contributed by atoms with E-state index in [1.807, 2.05) is 24.4 Å². The zero-order valence-electron chi connectivity index (χ0n) is 12.7. The Kier molecular flexibility index (Phi) is 3.73. The standard InChI is InChI=1S/C17H18N6/c1-2-15-16(20-6-5-19-15)7-12(1)9-22-17-8-13(3-4-21-17)23-14-10-18-11-14/h1-8,14,18H,9-11H2,(H2,21,22,23). The molecular weight excluding hydrogens is 288 g/mol. The highest BCUT2D eigenvalue weighted by atomic mass is 15.1. The predicted octanol–water partition coefficient (Wildman–Crippen LogP) is 2.02. The van der Waals surface area contributed by atoms with Crippen LogP contribution in [0.4, 0.5) is 11.5 Å². The summed E-state index contributed by atoms with van der Waals surface area (Å²) in [6.07, 6.45) is 5.24. The van der Waals surface area contributed by atoms with Crippen molar-refractivity contribution in [3.8, 4) is 0 Å². The van der Waals surface area contributed by atoms with Gasteiger partial charge in [-0.3, -0.25) is 9.97 Å². The van der Waals surface area contributed by atoms with Gasteiger partial charge < -0.3 is 16.0 Å². The molecule has 0 atom stereocenters. The van der Waals surface area contributed by atoms with Gasteiger partial charge in [-0.05, 0) is 23.8 Å². The monoisotopic (exact) mass is 306 g/mol. The molecule has 6 heteroatoms. The van der Waals surface area contributed by atoms with E-state index < -0.39 is 0 Å². The van der Waals surface area contributed by atoms with Crippen molar-refractivity contribution in [2.75, 3.05) is 23.7 Å². The molecule has 0 saturated carbocycles. The van der Waals surface area contributed by atoms with Gasteiger partial charge in [0.2, 0.25) is 0 Å². The fourth-order valence-electron chi connectivity index (χ4n) is 2.55. The van der Waals surface area contributed by atoms with E-state index in [2.05, 4.69) is 43.0 Å². The molecule has 1 saturated heterocycles. The average Bonchev–Trinajstić information content (AvgIpc) is 2.57. The van der Waals surface area contributed by atoms with Crippen molar-refractivity contribution in [2.45, 2.75) is 12.6 Å². The van der Waals surface area contributed by atoms with E-state index in [-0.39, 0.29) is 0 Å². The van der Waals surface area contributed by atoms with Crippen molar-refractivity contribution in [2.24, 2.45) is 0 Å². The van der Waals surface area contributed by atoms with Gasteiger partial charge in [-0.25, -0.2) is 4.98 Å². The molecule has 0 radical (unpaired) electrons. The summed E-state index contributed by atoms with van der Waals surface area (Å²) in [6, 6.07) is 10.7. The Morgan fingerprint density at radius 2 is 1.83 bits per heavy atom. The van der Waals surface area contributed by atoms with Gasteiger partial charge >= 0.3 is 0 Å². The van der Waals surface area contributed by atoms with Gasteiger partial charge in [-0.1, -0.05) is 6.07 Å². The zero-order chi connectivity index (χ0) is 15.5. The Hall–Kier alpha value is -2.73. The summed E-state index contributed by atoms with van der Waals surface area (Å²) in [6.45, 7) is 2.74. The Morgan fingerprint density at radius 1 is 0.957 bits per heavy atom. The fourth-order valence-corrected chi connectivity index (χ4v) is 2.55. The summed E-state index contributed by atoms with van der Waals surface area (Å²) >= 11 is 0. The first kappa shape index (κ1) is 13.9. The highest BCUT2D eigenvalue weighted by molar-refractivity contribution is 5.74. The molecule has 3 heterocycles. The fraction of sp³-hybridized carbons (Fsp3) is 0.235. The zero-order valence-corrected chi connectivity index (χ0v) is 12.7. The number of pyridine rings is 1. The van der Waals surface area contributed by atoms with Crippen LogP contribution in [0.3, 0.4) is 0 Å². The number of aromatic nitrogens is 3. The number of benzene rings is 1. The molecule has 0 aliphatic carbocycles. The smallest absolute Gasteiger partial charge is 0.128 e. The van der Waals surface area contributed by atoms with E-state index in [9.17, 15) is 0 Å². The summed E-state index contributed by atoms with van der Waals surface area (Å²) in [5, 5.41) is 10.1. The lowest BCUT2D eigenvalue weighted by molar-refractivity contribution is 0.472. The second kappa shape index (κ2) is 6.18. The Labute approximate surface area is 134 Å². The normalized spacial score (nSPS) is 14.4. The van der Waals surface area contributed by atoms with Gasteiger partial charge in [0.25, 0.3) is 0 Å². The van der Waals surface area contributed by atoms with E-state index in [0.717, 1.165) is 41.2 Å². The van der Waals surface area contributed by atoms with Gasteiger partial charge in [0.1, 0.15) is 5.82 Å². The minimum absolute atomic E-state index is 0.518. The van der Waals surface area contributed by atoms with E-state index in [1.54, 1.807) is 12.4 Å². The molecule has 6 nitrogen and oxygen atoms in total. The van der Waals surface area contributed by atoms with Gasteiger partial charge in [0.05, 0.1) is 17.1 Å². The molecule has 116 valence electrons. The van der Waals surface area contributed by atoms with Gasteiger partial charge in [0, 0.05) is 50.0 Å². The Bertz CT molecular complexity index is 815. The first-order valence-electron chi connectivity index (χ1n) is 7.74. The average molecular weight is 306 g/mol. The van der Waals surface area contributed by atoms with Crippen molar-refractivity contribution in [3.05, 3.63) is 54.5 Å². The maximum Gasteiger partial charge on any atom is 0.128 e. The topological polar surface area (TPSA) is 74.8 Å². The lowest BCUT2D eigenvalue weighted by Gasteiger charge is -2.29. The van der Waals surface area contributed by atoms with Crippen LogP contribution < -0.4 is 16.0 Å². The maximum atomic E-state index is 4.37. The lowest BCUT2D eigenvalue weighted by Crippen LogP contribution is -2.51. The molecular formula is C17H18N6. The molecule has 3 aromatic rings. The highest BCUT2D eigenvalue weighted by Crippen LogP contribution is 2.16. The molecule has 0 spiro atoms. The second-order valence-corrected chi connectivity index (χ2v) is 5.66. The molecule has 2 aromatic heterocycles. The number of rotatable bonds is 5. The molecule has 1 aromatic carbocycles. The lowest BCUT2D eigenvalue weighted by atomic mass is 10.1. The van der Waals surface area contributed by atoms with Crippen LogP contribution in [0.25, 0.3) is 11.0 Å². The quantitative estimate of drug-likeness (QED) is 0.670. The molecule has 4 rings (SSSR count). The predicted molar refractivity (Wildman–Crippen MR) is 91.4 cm³/mol. The number of nitrogens with one attached hydrogen (secondary N) is 3. The molecule has 23 heavy (non-hydrogen) atoms. The number of fused-ring (bicyclic) bond motifs is 1. The molecule has 1 fully saturated rings. The van der Waals surface area contributed by atoms with E-state index >= 15 is 0 Å². The first-order chi connectivity index (χ1) is 11.4. The minimum Gasteiger partial charge on any atom is -0.380 e. The van der Waals surface area contributed by atoms with Crippen molar-refractivity contribution in [1.29, 1.82) is 0 Å². The number of hydrogen-bond donors (Lipinski definition) is 3. The summed E-state index contributed by atoms with van der Waals surface area (Å²) in [5.74, 6) is 0.863. The van der Waals surface area contributed by atoms with Crippen LogP contribution in [0.5, 0.6) is 0 Å². The SMILES string of the molecule is c1cc(NC2CNC2)cc(NCc2ccc3nccnc3c2)n1. The summed E-state index contributed by atoms with van der Waals surface area (Å²) in [4.78, 5) is 13.0. The van der Waals surface area contributed by atoms with Crippen molar-refractivity contribution < 1.29 is 0 Å². The number of hydrogen-bond acceptors (Lipinski definition) is 6. The number of nitrogens with zero attached hydrogens (tertiary/aromatic N) is 3. The van der Waals surface area contributed by atoms with Crippen molar-refractivity contribution in [1.82, 2.24) is 20.3 Å². The molecule has 1 aliphatic heterocycles. The molecule has 0 amide bonds. The second-order valence-electron chi connectivity index (χ2n) is 5.66. The third-order valence-corrected chi connectivity index (χ3v) is 3.92. The molecule has 0 unspecified atom stereocenters. The number of anilines is 2. The van der Waals surface area contributed by atoms with Crippen molar-refractivity contribution in [3.63, 3.8) is 0 Å². The van der Waals surface area contributed by atoms with Crippen LogP contribution in [0.1, 0.15) is 5.56 Å². The van der Waals surface area contributed by atoms with E-state index in [1.165, 1.54) is 0 Å². The van der Waals surface area contributed by atoms with Gasteiger partial charge in [-0.15, -0.1) is 0 Å². The third kappa shape index (κ3) is 3.22. The summed E-state index contributed by atoms with van der Waals surface area (Å²) < 4.78 is 0. The summed E-state index contributed by atoms with van der Waals surface area (Å²) in [5.41, 5.74) is 4.07. The molecule has 1 aliphatic rings. The van der Waals surface area contributed by atoms with E-state index in [0.29, 0.717) is 12.6 Å². The minimum atomic E-state index is 0.518. The van der Waals surface area contributed by atoms with Gasteiger partial charge in [-0.2, -0.15) is 0 Å². The van der Waals surface area contributed by atoms with Crippen LogP contribution in [-0.4, -0.2) is 34.1 Å². The highest BCUT2D eigenvalue weighted by Gasteiger charge is 2.15. The van der Waals surface area contributed by atoms with Crippen LogP contribution in [0.15, 0.2) is 48.9 Å². The van der Waals surface area contributed by atoms with Crippen LogP contribution in [0.2, 0.25) is 0 Å². The molecule has 3 N–H and O–H groups in total. The van der Waals surface area contributed by atoms with Crippen LogP contribution >= 0.6 is 0 Å². The maximum absolute atomic E-state index is 4.37. The van der Waals surface area contributed by atoms with Crippen molar-refractivity contribution >= 4 is 22.5 Å². The first-order valence-corrected chi connectivity index (χ1v) is 7.74.